The van der Waals surface area contributed by atoms with Gasteiger partial charge in [-0.25, -0.2) is 8.78 Å². The molecule has 0 spiro atoms. The summed E-state index contributed by atoms with van der Waals surface area (Å²) in [6.07, 6.45) is 0. The van der Waals surface area contributed by atoms with Gasteiger partial charge in [-0.3, -0.25) is 19.7 Å². The molecule has 10 heteroatoms. The van der Waals surface area contributed by atoms with E-state index in [1.807, 2.05) is 0 Å². The molecule has 28 heavy (non-hydrogen) atoms. The van der Waals surface area contributed by atoms with Crippen molar-refractivity contribution in [1.29, 1.82) is 0 Å². The Labute approximate surface area is 163 Å². The zero-order valence-corrected chi connectivity index (χ0v) is 15.5. The Bertz CT molecular complexity index is 877. The lowest BCUT2D eigenvalue weighted by Gasteiger charge is -2.15. The van der Waals surface area contributed by atoms with Crippen LogP contribution in [0, 0.1) is 21.7 Å². The van der Waals surface area contributed by atoms with Gasteiger partial charge in [-0.15, -0.1) is 11.8 Å². The standard InChI is InChI=1S/C18H16F2N2O5S/c1-11(15-7-2-12(19)8-16(15)20)21-17(23)9-27-18(24)10-28-14-5-3-13(4-6-14)22(25)26/h2-8,11H,9-10H2,1H3,(H,21,23)/t11-/m1/s1. The van der Waals surface area contributed by atoms with E-state index in [2.05, 4.69) is 5.32 Å². The second kappa shape index (κ2) is 9.79. The highest BCUT2D eigenvalue weighted by atomic mass is 32.2. The third kappa shape index (κ3) is 6.31. The Morgan fingerprint density at radius 3 is 2.50 bits per heavy atom. The van der Waals surface area contributed by atoms with Gasteiger partial charge in [-0.2, -0.15) is 0 Å². The third-order valence-corrected chi connectivity index (χ3v) is 4.56. The Hall–Kier alpha value is -3.01. The second-order valence-electron chi connectivity index (χ2n) is 5.66. The number of halogens is 2. The van der Waals surface area contributed by atoms with Crippen LogP contribution >= 0.6 is 11.8 Å². The minimum absolute atomic E-state index is 0.0599. The van der Waals surface area contributed by atoms with Crippen LogP contribution in [0.5, 0.6) is 0 Å². The van der Waals surface area contributed by atoms with Crippen LogP contribution in [0.25, 0.3) is 0 Å². The molecule has 0 bridgehead atoms. The van der Waals surface area contributed by atoms with Crippen LogP contribution in [-0.4, -0.2) is 29.2 Å². The van der Waals surface area contributed by atoms with Crippen LogP contribution in [0.2, 0.25) is 0 Å². The molecule has 0 aromatic heterocycles. The molecule has 2 aromatic rings. The lowest BCUT2D eigenvalue weighted by atomic mass is 10.1. The van der Waals surface area contributed by atoms with Crippen molar-refractivity contribution in [2.24, 2.45) is 0 Å². The molecule has 0 fully saturated rings. The van der Waals surface area contributed by atoms with Gasteiger partial charge in [-0.1, -0.05) is 6.07 Å². The van der Waals surface area contributed by atoms with Crippen molar-refractivity contribution in [1.82, 2.24) is 5.32 Å². The van der Waals surface area contributed by atoms with Crippen molar-refractivity contribution in [3.63, 3.8) is 0 Å². The van der Waals surface area contributed by atoms with E-state index in [1.54, 1.807) is 0 Å². The number of hydrogen-bond donors (Lipinski definition) is 1. The molecule has 0 heterocycles. The highest BCUT2D eigenvalue weighted by Crippen LogP contribution is 2.21. The fourth-order valence-electron chi connectivity index (χ4n) is 2.21. The van der Waals surface area contributed by atoms with Crippen molar-refractivity contribution in [2.75, 3.05) is 12.4 Å². The van der Waals surface area contributed by atoms with Gasteiger partial charge in [0.15, 0.2) is 6.61 Å². The van der Waals surface area contributed by atoms with E-state index in [1.165, 1.54) is 37.3 Å². The molecular weight excluding hydrogens is 394 g/mol. The van der Waals surface area contributed by atoms with E-state index < -0.39 is 41.1 Å². The molecule has 2 rings (SSSR count). The summed E-state index contributed by atoms with van der Waals surface area (Å²) in [5.74, 6) is -2.89. The topological polar surface area (TPSA) is 98.5 Å². The van der Waals surface area contributed by atoms with E-state index in [9.17, 15) is 28.5 Å². The van der Waals surface area contributed by atoms with Gasteiger partial charge in [0.1, 0.15) is 11.6 Å². The maximum Gasteiger partial charge on any atom is 0.316 e. The van der Waals surface area contributed by atoms with E-state index in [0.29, 0.717) is 11.0 Å². The van der Waals surface area contributed by atoms with Crippen LogP contribution in [0.15, 0.2) is 47.4 Å². The molecule has 1 atom stereocenters. The predicted octanol–water partition coefficient (Wildman–Crippen LogP) is 3.39. The number of esters is 1. The number of amides is 1. The summed E-state index contributed by atoms with van der Waals surface area (Å²) < 4.78 is 31.4. The summed E-state index contributed by atoms with van der Waals surface area (Å²) in [4.78, 5) is 34.2. The van der Waals surface area contributed by atoms with Crippen LogP contribution in [0.4, 0.5) is 14.5 Å². The summed E-state index contributed by atoms with van der Waals surface area (Å²) in [5.41, 5.74) is 0.0464. The molecule has 1 amide bonds. The number of ether oxygens (including phenoxy) is 1. The van der Waals surface area contributed by atoms with Gasteiger partial charge < -0.3 is 10.1 Å². The first-order valence-electron chi connectivity index (χ1n) is 8.03. The van der Waals surface area contributed by atoms with Gasteiger partial charge in [0, 0.05) is 28.7 Å². The molecule has 0 aliphatic heterocycles. The number of carbonyl (C=O) groups is 2. The Morgan fingerprint density at radius 2 is 1.89 bits per heavy atom. The second-order valence-corrected chi connectivity index (χ2v) is 6.70. The molecule has 0 aliphatic rings. The maximum atomic E-state index is 13.7. The van der Waals surface area contributed by atoms with Gasteiger partial charge in [-0.05, 0) is 25.1 Å². The molecule has 148 valence electrons. The lowest BCUT2D eigenvalue weighted by molar-refractivity contribution is -0.384. The lowest BCUT2D eigenvalue weighted by Crippen LogP contribution is -2.31. The van der Waals surface area contributed by atoms with Crippen molar-refractivity contribution in [2.45, 2.75) is 17.9 Å². The quantitative estimate of drug-likeness (QED) is 0.310. The minimum Gasteiger partial charge on any atom is -0.455 e. The summed E-state index contributed by atoms with van der Waals surface area (Å²) in [6.45, 7) is 0.966. The number of benzene rings is 2. The van der Waals surface area contributed by atoms with Crippen molar-refractivity contribution < 1.29 is 28.0 Å². The third-order valence-electron chi connectivity index (χ3n) is 3.57. The number of nitrogens with one attached hydrogen (secondary N) is 1. The zero-order valence-electron chi connectivity index (χ0n) is 14.7. The Morgan fingerprint density at radius 1 is 1.21 bits per heavy atom. The smallest absolute Gasteiger partial charge is 0.316 e. The molecule has 0 unspecified atom stereocenters. The highest BCUT2D eigenvalue weighted by molar-refractivity contribution is 8.00. The van der Waals surface area contributed by atoms with Crippen LogP contribution in [-0.2, 0) is 14.3 Å². The van der Waals surface area contributed by atoms with Crippen molar-refractivity contribution in [3.05, 3.63) is 69.8 Å². The van der Waals surface area contributed by atoms with Gasteiger partial charge in [0.2, 0.25) is 0 Å². The van der Waals surface area contributed by atoms with E-state index in [0.717, 1.165) is 17.8 Å². The summed E-state index contributed by atoms with van der Waals surface area (Å²) in [5, 5.41) is 13.0. The average Bonchev–Trinajstić information content (AvgIpc) is 2.64. The number of carbonyl (C=O) groups excluding carboxylic acids is 2. The highest BCUT2D eigenvalue weighted by Gasteiger charge is 2.16. The molecule has 2 aromatic carbocycles. The van der Waals surface area contributed by atoms with Gasteiger partial charge in [0.25, 0.3) is 11.6 Å². The van der Waals surface area contributed by atoms with Crippen LogP contribution in [0.3, 0.4) is 0 Å². The molecule has 7 nitrogen and oxygen atoms in total. The first-order chi connectivity index (χ1) is 13.3. The Balaban J connectivity index is 1.75. The fraction of sp³-hybridized carbons (Fsp3) is 0.222. The number of non-ortho nitro benzene ring substituents is 1. The monoisotopic (exact) mass is 410 g/mol. The van der Waals surface area contributed by atoms with Gasteiger partial charge in [0.05, 0.1) is 16.7 Å². The first kappa shape index (κ1) is 21.3. The molecule has 0 saturated heterocycles. The number of nitro groups is 1. The minimum atomic E-state index is -0.788. The van der Waals surface area contributed by atoms with Crippen LogP contribution in [0.1, 0.15) is 18.5 Å². The number of hydrogen-bond acceptors (Lipinski definition) is 6. The van der Waals surface area contributed by atoms with Gasteiger partial charge >= 0.3 is 5.97 Å². The van der Waals surface area contributed by atoms with Crippen LogP contribution < -0.4 is 5.32 Å². The number of nitrogens with zero attached hydrogens (tertiary/aromatic N) is 1. The number of thioether (sulfide) groups is 1. The number of nitro benzene ring substituents is 1. The molecule has 1 N–H and O–H groups in total. The van der Waals surface area contributed by atoms with E-state index in [-0.39, 0.29) is 17.0 Å². The van der Waals surface area contributed by atoms with E-state index in [4.69, 9.17) is 4.74 Å². The summed E-state index contributed by atoms with van der Waals surface area (Å²) in [6, 6.07) is 7.92. The fourth-order valence-corrected chi connectivity index (χ4v) is 2.90. The molecule has 0 radical (unpaired) electrons. The predicted molar refractivity (Wildman–Crippen MR) is 97.7 cm³/mol. The maximum absolute atomic E-state index is 13.7. The first-order valence-corrected chi connectivity index (χ1v) is 9.02. The van der Waals surface area contributed by atoms with Crippen molar-refractivity contribution >= 4 is 29.3 Å². The number of rotatable bonds is 8. The summed E-state index contributed by atoms with van der Waals surface area (Å²) in [7, 11) is 0. The van der Waals surface area contributed by atoms with Crippen molar-refractivity contribution in [3.8, 4) is 0 Å². The normalized spacial score (nSPS) is 11.5. The zero-order chi connectivity index (χ0) is 20.7. The van der Waals surface area contributed by atoms with E-state index >= 15 is 0 Å². The molecule has 0 aliphatic carbocycles. The largest absolute Gasteiger partial charge is 0.455 e. The average molecular weight is 410 g/mol. The summed E-state index contributed by atoms with van der Waals surface area (Å²) >= 11 is 1.10. The molecule has 0 saturated carbocycles. The molecular formula is C18H16F2N2O5S. The SMILES string of the molecule is C[C@@H](NC(=O)COC(=O)CSc1ccc([N+](=O)[O-])cc1)c1ccc(F)cc1F. The Kier molecular flexibility index (Phi) is 7.44.